The molecule has 0 nitrogen and oxygen atoms in total. The second-order valence-electron chi connectivity index (χ2n) is 5.73. The molecule has 0 atom stereocenters. The van der Waals surface area contributed by atoms with Gasteiger partial charge in [-0.1, -0.05) is 44.2 Å². The van der Waals surface area contributed by atoms with Gasteiger partial charge in [0, 0.05) is 15.5 Å². The van der Waals surface area contributed by atoms with Crippen molar-refractivity contribution >= 4 is 15.9 Å². The maximum Gasteiger partial charge on any atom is 0.0288 e. The average Bonchev–Trinajstić information content (AvgIpc) is 2.56. The van der Waals surface area contributed by atoms with E-state index in [0.717, 1.165) is 0 Å². The Hall–Kier alpha value is -1.08. The summed E-state index contributed by atoms with van der Waals surface area (Å²) >= 11 is 3.80. The molecule has 0 saturated heterocycles. The first kappa shape index (κ1) is 12.0. The van der Waals surface area contributed by atoms with Crippen molar-refractivity contribution in [3.8, 4) is 11.1 Å². The van der Waals surface area contributed by atoms with E-state index in [0.29, 0.717) is 0 Å². The van der Waals surface area contributed by atoms with Gasteiger partial charge in [-0.25, -0.2) is 0 Å². The van der Waals surface area contributed by atoms with Crippen molar-refractivity contribution in [3.63, 3.8) is 0 Å². The predicted octanol–water partition coefficient (Wildman–Crippen LogP) is 5.37. The third-order valence-electron chi connectivity index (χ3n) is 4.31. The van der Waals surface area contributed by atoms with Gasteiger partial charge in [0.15, 0.2) is 0 Å². The van der Waals surface area contributed by atoms with Crippen LogP contribution in [0.3, 0.4) is 0 Å². The van der Waals surface area contributed by atoms with E-state index in [-0.39, 0.29) is 5.41 Å². The highest BCUT2D eigenvalue weighted by molar-refractivity contribution is 9.10. The van der Waals surface area contributed by atoms with Gasteiger partial charge in [-0.2, -0.15) is 0 Å². The molecule has 3 rings (SSSR count). The lowest BCUT2D eigenvalue weighted by Gasteiger charge is -2.22. The lowest BCUT2D eigenvalue weighted by atomic mass is 9.82. The molecule has 0 radical (unpaired) electrons. The van der Waals surface area contributed by atoms with E-state index in [9.17, 15) is 0 Å². The van der Waals surface area contributed by atoms with Gasteiger partial charge in [-0.15, -0.1) is 0 Å². The van der Waals surface area contributed by atoms with Crippen LogP contribution in [0.15, 0.2) is 34.8 Å². The third kappa shape index (κ3) is 1.37. The Bertz CT molecular complexity index is 651. The van der Waals surface area contributed by atoms with Crippen molar-refractivity contribution in [2.45, 2.75) is 33.1 Å². The zero-order chi connectivity index (χ0) is 13.1. The number of benzene rings is 2. The largest absolute Gasteiger partial charge is 0.0619 e. The van der Waals surface area contributed by atoms with Crippen LogP contribution in [0, 0.1) is 13.8 Å². The van der Waals surface area contributed by atoms with Gasteiger partial charge in [0.25, 0.3) is 0 Å². The molecule has 0 N–H and O–H groups in total. The van der Waals surface area contributed by atoms with Gasteiger partial charge in [0.1, 0.15) is 0 Å². The number of hydrogen-bond acceptors (Lipinski definition) is 0. The number of aryl methyl sites for hydroxylation is 1. The molecule has 0 aliphatic heterocycles. The van der Waals surface area contributed by atoms with Crippen LogP contribution in [0.2, 0.25) is 0 Å². The molecule has 18 heavy (non-hydrogen) atoms. The van der Waals surface area contributed by atoms with Crippen molar-refractivity contribution in [1.82, 2.24) is 0 Å². The summed E-state index contributed by atoms with van der Waals surface area (Å²) in [6, 6.07) is 11.1. The molecule has 0 aromatic heterocycles. The quantitative estimate of drug-likeness (QED) is 0.613. The summed E-state index contributed by atoms with van der Waals surface area (Å²) in [4.78, 5) is 0. The summed E-state index contributed by atoms with van der Waals surface area (Å²) < 4.78 is 1.26. The molecule has 0 spiro atoms. The fraction of sp³-hybridized carbons (Fsp3) is 0.294. The van der Waals surface area contributed by atoms with Crippen molar-refractivity contribution in [2.75, 3.05) is 0 Å². The van der Waals surface area contributed by atoms with Crippen LogP contribution < -0.4 is 0 Å². The number of fused-ring (bicyclic) bond motifs is 3. The van der Waals surface area contributed by atoms with Gasteiger partial charge < -0.3 is 0 Å². The lowest BCUT2D eigenvalue weighted by Crippen LogP contribution is -2.15. The molecule has 0 saturated carbocycles. The summed E-state index contributed by atoms with van der Waals surface area (Å²) in [5, 5.41) is 0. The van der Waals surface area contributed by atoms with Crippen LogP contribution in [0.4, 0.5) is 0 Å². The average molecular weight is 301 g/mol. The lowest BCUT2D eigenvalue weighted by molar-refractivity contribution is 0.659. The van der Waals surface area contributed by atoms with Crippen LogP contribution in [0.1, 0.15) is 36.1 Å². The minimum absolute atomic E-state index is 0.104. The fourth-order valence-electron chi connectivity index (χ4n) is 3.02. The first-order valence-corrected chi connectivity index (χ1v) is 7.14. The molecular weight excluding hydrogens is 284 g/mol. The van der Waals surface area contributed by atoms with Crippen molar-refractivity contribution in [3.05, 3.63) is 57.1 Å². The monoisotopic (exact) mass is 300 g/mol. The van der Waals surface area contributed by atoms with Crippen LogP contribution in [-0.4, -0.2) is 0 Å². The van der Waals surface area contributed by atoms with Crippen molar-refractivity contribution in [1.29, 1.82) is 0 Å². The zero-order valence-electron chi connectivity index (χ0n) is 11.3. The summed E-state index contributed by atoms with van der Waals surface area (Å²) in [5.74, 6) is 0. The maximum absolute atomic E-state index is 3.80. The summed E-state index contributed by atoms with van der Waals surface area (Å²) in [5.41, 5.74) is 8.46. The van der Waals surface area contributed by atoms with Crippen LogP contribution >= 0.6 is 15.9 Å². The molecule has 1 aliphatic carbocycles. The van der Waals surface area contributed by atoms with Gasteiger partial charge in [0.05, 0.1) is 0 Å². The minimum atomic E-state index is 0.104. The first-order chi connectivity index (χ1) is 8.44. The van der Waals surface area contributed by atoms with E-state index in [4.69, 9.17) is 0 Å². The normalized spacial score (nSPS) is 15.4. The standard InChI is InChI=1S/C17H17Br/c1-10-9-14-15(16(18)11(10)2)12-7-5-6-8-13(12)17(14,3)4/h5-9H,1-4H3. The second kappa shape index (κ2) is 3.71. The Morgan fingerprint density at radius 2 is 1.67 bits per heavy atom. The number of rotatable bonds is 0. The smallest absolute Gasteiger partial charge is 0.0288 e. The highest BCUT2D eigenvalue weighted by Gasteiger charge is 2.36. The molecule has 0 amide bonds. The molecule has 0 heterocycles. The third-order valence-corrected chi connectivity index (χ3v) is 5.30. The van der Waals surface area contributed by atoms with Gasteiger partial charge in [-0.05, 0) is 57.6 Å². The van der Waals surface area contributed by atoms with E-state index in [1.165, 1.54) is 37.9 Å². The van der Waals surface area contributed by atoms with Crippen LogP contribution in [0.25, 0.3) is 11.1 Å². The minimum Gasteiger partial charge on any atom is -0.0619 e. The Morgan fingerprint density at radius 1 is 1.00 bits per heavy atom. The zero-order valence-corrected chi connectivity index (χ0v) is 12.9. The molecule has 0 fully saturated rings. The van der Waals surface area contributed by atoms with Gasteiger partial charge in [-0.3, -0.25) is 0 Å². The van der Waals surface area contributed by atoms with Gasteiger partial charge in [0.2, 0.25) is 0 Å². The highest BCUT2D eigenvalue weighted by Crippen LogP contribution is 2.52. The maximum atomic E-state index is 3.80. The Morgan fingerprint density at radius 3 is 2.39 bits per heavy atom. The molecular formula is C17H17Br. The summed E-state index contributed by atoms with van der Waals surface area (Å²) in [6.45, 7) is 9.02. The summed E-state index contributed by atoms with van der Waals surface area (Å²) in [7, 11) is 0. The second-order valence-corrected chi connectivity index (χ2v) is 6.52. The van der Waals surface area contributed by atoms with Crippen molar-refractivity contribution < 1.29 is 0 Å². The molecule has 0 bridgehead atoms. The Balaban J connectivity index is 2.47. The summed E-state index contributed by atoms with van der Waals surface area (Å²) in [6.07, 6.45) is 0. The molecule has 0 unspecified atom stereocenters. The molecule has 2 aromatic carbocycles. The molecule has 1 heteroatoms. The van der Waals surface area contributed by atoms with Crippen LogP contribution in [-0.2, 0) is 5.41 Å². The first-order valence-electron chi connectivity index (χ1n) is 6.34. The van der Waals surface area contributed by atoms with E-state index < -0.39 is 0 Å². The fourth-order valence-corrected chi connectivity index (χ4v) is 3.76. The molecule has 2 aromatic rings. The Kier molecular flexibility index (Phi) is 2.47. The topological polar surface area (TPSA) is 0 Å². The van der Waals surface area contributed by atoms with Crippen molar-refractivity contribution in [2.24, 2.45) is 0 Å². The SMILES string of the molecule is Cc1cc2c(c(Br)c1C)-c1ccccc1C2(C)C. The van der Waals surface area contributed by atoms with E-state index >= 15 is 0 Å². The van der Waals surface area contributed by atoms with E-state index in [2.05, 4.69) is 74.0 Å². The van der Waals surface area contributed by atoms with Crippen LogP contribution in [0.5, 0.6) is 0 Å². The molecule has 1 aliphatic rings. The number of halogens is 1. The molecule has 92 valence electrons. The predicted molar refractivity (Wildman–Crippen MR) is 81.2 cm³/mol. The number of hydrogen-bond donors (Lipinski definition) is 0. The van der Waals surface area contributed by atoms with E-state index in [1.54, 1.807) is 0 Å². The Labute approximate surface area is 117 Å². The van der Waals surface area contributed by atoms with E-state index in [1.807, 2.05) is 0 Å². The van der Waals surface area contributed by atoms with Gasteiger partial charge >= 0.3 is 0 Å². The highest BCUT2D eigenvalue weighted by atomic mass is 79.9.